The van der Waals surface area contributed by atoms with Crippen molar-refractivity contribution in [2.24, 2.45) is 5.92 Å². The molecule has 0 radical (unpaired) electrons. The van der Waals surface area contributed by atoms with Gasteiger partial charge in [-0.15, -0.1) is 0 Å². The first-order valence-corrected chi connectivity index (χ1v) is 6.89. The van der Waals surface area contributed by atoms with Crippen molar-refractivity contribution in [1.82, 2.24) is 10.2 Å². The van der Waals surface area contributed by atoms with Gasteiger partial charge in [-0.05, 0) is 44.6 Å². The minimum absolute atomic E-state index is 0.163. The molecule has 0 spiro atoms. The van der Waals surface area contributed by atoms with Gasteiger partial charge in [-0.1, -0.05) is 18.2 Å². The second-order valence-corrected chi connectivity index (χ2v) is 5.24. The number of benzene rings is 1. The molecule has 2 rings (SSSR count). The van der Waals surface area contributed by atoms with Crippen molar-refractivity contribution in [2.75, 3.05) is 45.2 Å². The number of para-hydroxylation sites is 1. The third-order valence-electron chi connectivity index (χ3n) is 3.74. The smallest absolute Gasteiger partial charge is 0.240 e. The van der Waals surface area contributed by atoms with Crippen molar-refractivity contribution in [3.05, 3.63) is 30.3 Å². The Kier molecular flexibility index (Phi) is 4.93. The maximum absolute atomic E-state index is 12.2. The summed E-state index contributed by atoms with van der Waals surface area (Å²) in [7, 11) is 3.83. The van der Waals surface area contributed by atoms with Gasteiger partial charge >= 0.3 is 0 Å². The van der Waals surface area contributed by atoms with E-state index in [2.05, 4.69) is 10.2 Å². The van der Waals surface area contributed by atoms with Crippen LogP contribution in [0, 0.1) is 5.92 Å². The molecule has 104 valence electrons. The molecular formula is C15H23N3O. The van der Waals surface area contributed by atoms with E-state index in [0.29, 0.717) is 12.5 Å². The van der Waals surface area contributed by atoms with E-state index in [1.54, 1.807) is 4.90 Å². The summed E-state index contributed by atoms with van der Waals surface area (Å²) in [5, 5.41) is 3.21. The Morgan fingerprint density at radius 1 is 1.42 bits per heavy atom. The predicted octanol–water partition coefficient (Wildman–Crippen LogP) is 1.19. The summed E-state index contributed by atoms with van der Waals surface area (Å²) in [5.41, 5.74) is 0.957. The largest absolute Gasteiger partial charge is 0.319 e. The zero-order chi connectivity index (χ0) is 13.7. The highest BCUT2D eigenvalue weighted by Gasteiger charge is 2.24. The average Bonchev–Trinajstić information content (AvgIpc) is 2.86. The molecule has 1 aromatic carbocycles. The molecule has 0 aromatic heterocycles. The van der Waals surface area contributed by atoms with Crippen LogP contribution in [0.4, 0.5) is 5.69 Å². The van der Waals surface area contributed by atoms with E-state index in [0.717, 1.165) is 25.3 Å². The first kappa shape index (κ1) is 14.0. The third-order valence-corrected chi connectivity index (χ3v) is 3.74. The molecule has 1 aromatic rings. The van der Waals surface area contributed by atoms with E-state index in [1.807, 2.05) is 44.4 Å². The number of hydrogen-bond acceptors (Lipinski definition) is 3. The summed E-state index contributed by atoms with van der Waals surface area (Å²) in [5.74, 6) is 0.844. The highest BCUT2D eigenvalue weighted by atomic mass is 16.2. The number of rotatable bonds is 5. The molecule has 0 saturated carbocycles. The van der Waals surface area contributed by atoms with Crippen molar-refractivity contribution < 1.29 is 4.79 Å². The van der Waals surface area contributed by atoms with Gasteiger partial charge in [0.15, 0.2) is 0 Å². The van der Waals surface area contributed by atoms with Crippen molar-refractivity contribution in [1.29, 1.82) is 0 Å². The summed E-state index contributed by atoms with van der Waals surface area (Å²) >= 11 is 0. The molecule has 0 aliphatic carbocycles. The maximum atomic E-state index is 12.2. The molecule has 1 N–H and O–H groups in total. The monoisotopic (exact) mass is 261 g/mol. The lowest BCUT2D eigenvalue weighted by molar-refractivity contribution is -0.119. The zero-order valence-corrected chi connectivity index (χ0v) is 11.8. The van der Waals surface area contributed by atoms with Crippen LogP contribution in [0.25, 0.3) is 0 Å². The molecule has 19 heavy (non-hydrogen) atoms. The number of likely N-dealkylation sites (N-methyl/N-ethyl adjacent to an activating group) is 1. The van der Waals surface area contributed by atoms with Gasteiger partial charge in [-0.25, -0.2) is 0 Å². The van der Waals surface area contributed by atoms with Crippen LogP contribution in [0.3, 0.4) is 0 Å². The number of carbonyl (C=O) groups excluding carboxylic acids is 1. The van der Waals surface area contributed by atoms with Gasteiger partial charge in [-0.3, -0.25) is 9.69 Å². The number of carbonyl (C=O) groups is 1. The van der Waals surface area contributed by atoms with Crippen LogP contribution in [0.1, 0.15) is 6.42 Å². The lowest BCUT2D eigenvalue weighted by Crippen LogP contribution is -2.37. The zero-order valence-electron chi connectivity index (χ0n) is 11.8. The summed E-state index contributed by atoms with van der Waals surface area (Å²) < 4.78 is 0. The Morgan fingerprint density at radius 2 is 2.16 bits per heavy atom. The van der Waals surface area contributed by atoms with Crippen LogP contribution in [-0.4, -0.2) is 51.1 Å². The number of likely N-dealkylation sites (tertiary alicyclic amines) is 1. The van der Waals surface area contributed by atoms with Crippen molar-refractivity contribution in [3.8, 4) is 0 Å². The van der Waals surface area contributed by atoms with Crippen molar-refractivity contribution in [3.63, 3.8) is 0 Å². The fourth-order valence-electron chi connectivity index (χ4n) is 2.60. The molecule has 1 aliphatic rings. The summed E-state index contributed by atoms with van der Waals surface area (Å²) in [4.78, 5) is 16.2. The van der Waals surface area contributed by atoms with E-state index < -0.39 is 0 Å². The molecule has 1 heterocycles. The van der Waals surface area contributed by atoms with Crippen LogP contribution in [0.5, 0.6) is 0 Å². The number of nitrogens with zero attached hydrogens (tertiary/aromatic N) is 2. The molecule has 1 aliphatic heterocycles. The number of anilines is 1. The normalized spacial score (nSPS) is 19.6. The molecule has 1 unspecified atom stereocenters. The number of hydrogen-bond donors (Lipinski definition) is 1. The predicted molar refractivity (Wildman–Crippen MR) is 78.3 cm³/mol. The van der Waals surface area contributed by atoms with Gasteiger partial charge < -0.3 is 10.2 Å². The highest BCUT2D eigenvalue weighted by molar-refractivity contribution is 5.94. The third kappa shape index (κ3) is 3.78. The van der Waals surface area contributed by atoms with Crippen LogP contribution in [0.2, 0.25) is 0 Å². The number of amides is 1. The van der Waals surface area contributed by atoms with Gasteiger partial charge in [0.1, 0.15) is 0 Å². The lowest BCUT2D eigenvalue weighted by atomic mass is 10.1. The fourth-order valence-corrected chi connectivity index (χ4v) is 2.60. The van der Waals surface area contributed by atoms with E-state index in [9.17, 15) is 4.79 Å². The SMILES string of the molecule is CNCC1CCN(CC(=O)N(C)c2ccccc2)C1. The van der Waals surface area contributed by atoms with Gasteiger partial charge in [0.05, 0.1) is 6.54 Å². The minimum Gasteiger partial charge on any atom is -0.319 e. The van der Waals surface area contributed by atoms with E-state index in [1.165, 1.54) is 6.42 Å². The van der Waals surface area contributed by atoms with Crippen LogP contribution in [-0.2, 0) is 4.79 Å². The fraction of sp³-hybridized carbons (Fsp3) is 0.533. The maximum Gasteiger partial charge on any atom is 0.240 e. The number of nitrogens with one attached hydrogen (secondary N) is 1. The van der Waals surface area contributed by atoms with Crippen molar-refractivity contribution in [2.45, 2.75) is 6.42 Å². The highest BCUT2D eigenvalue weighted by Crippen LogP contribution is 2.16. The molecule has 4 nitrogen and oxygen atoms in total. The Balaban J connectivity index is 1.85. The molecule has 4 heteroatoms. The minimum atomic E-state index is 0.163. The van der Waals surface area contributed by atoms with E-state index in [4.69, 9.17) is 0 Å². The molecular weight excluding hydrogens is 238 g/mol. The van der Waals surface area contributed by atoms with Crippen molar-refractivity contribution >= 4 is 11.6 Å². The first-order chi connectivity index (χ1) is 9.20. The lowest BCUT2D eigenvalue weighted by Gasteiger charge is -2.21. The van der Waals surface area contributed by atoms with Gasteiger partial charge in [0, 0.05) is 19.3 Å². The average molecular weight is 261 g/mol. The molecule has 0 bridgehead atoms. The van der Waals surface area contributed by atoms with Gasteiger partial charge in [0.2, 0.25) is 5.91 Å². The Bertz CT molecular complexity index is 407. The second-order valence-electron chi connectivity index (χ2n) is 5.24. The first-order valence-electron chi connectivity index (χ1n) is 6.89. The van der Waals surface area contributed by atoms with Crippen LogP contribution < -0.4 is 10.2 Å². The van der Waals surface area contributed by atoms with E-state index in [-0.39, 0.29) is 5.91 Å². The summed E-state index contributed by atoms with van der Waals surface area (Å²) in [6.07, 6.45) is 1.18. The van der Waals surface area contributed by atoms with Gasteiger partial charge in [-0.2, -0.15) is 0 Å². The summed E-state index contributed by atoms with van der Waals surface area (Å²) in [6, 6.07) is 9.80. The second kappa shape index (κ2) is 6.68. The van der Waals surface area contributed by atoms with Crippen LogP contribution >= 0.6 is 0 Å². The van der Waals surface area contributed by atoms with E-state index >= 15 is 0 Å². The summed E-state index contributed by atoms with van der Waals surface area (Å²) in [6.45, 7) is 3.61. The standard InChI is InChI=1S/C15H23N3O/c1-16-10-13-8-9-18(11-13)12-15(19)17(2)14-6-4-3-5-7-14/h3-7,13,16H,8-12H2,1-2H3. The Morgan fingerprint density at radius 3 is 2.84 bits per heavy atom. The van der Waals surface area contributed by atoms with Gasteiger partial charge in [0.25, 0.3) is 0 Å². The molecule has 1 amide bonds. The molecule has 1 atom stereocenters. The topological polar surface area (TPSA) is 35.6 Å². The quantitative estimate of drug-likeness (QED) is 0.865. The van der Waals surface area contributed by atoms with Crippen LogP contribution in [0.15, 0.2) is 30.3 Å². The Labute approximate surface area is 115 Å². The molecule has 1 fully saturated rings. The Hall–Kier alpha value is -1.39. The molecule has 1 saturated heterocycles.